The van der Waals surface area contributed by atoms with E-state index in [1.807, 2.05) is 20.8 Å². The van der Waals surface area contributed by atoms with Crippen molar-refractivity contribution in [1.29, 1.82) is 0 Å². The molecule has 1 rings (SSSR count). The molecule has 19 heteroatoms. The number of rotatable bonds is 39. The maximum atomic E-state index is 12.9. The Bertz CT molecular complexity index is 1430. The quantitative estimate of drug-likeness (QED) is 0.0414. The minimum atomic E-state index is -0.945. The van der Waals surface area contributed by atoms with Gasteiger partial charge in [0.15, 0.2) is 0 Å². The van der Waals surface area contributed by atoms with Gasteiger partial charge in [0.05, 0.1) is 39.6 Å². The van der Waals surface area contributed by atoms with Crippen molar-refractivity contribution >= 4 is 47.4 Å². The molecule has 0 aromatic heterocycles. The number of hydrogen-bond acceptors (Lipinski definition) is 15. The molecule has 0 aromatic rings. The number of unbranched alkanes of at least 4 members (excludes halogenated alkanes) is 13. The Morgan fingerprint density at radius 2 is 0.939 bits per heavy atom. The summed E-state index contributed by atoms with van der Waals surface area (Å²) in [5.74, 6) is -3.60. The minimum Gasteiger partial charge on any atom is -0.460 e. The van der Waals surface area contributed by atoms with Crippen LogP contribution in [0.25, 0.3) is 0 Å². The molecule has 1 atom stereocenters. The third kappa shape index (κ3) is 35.1. The van der Waals surface area contributed by atoms with Crippen molar-refractivity contribution in [2.75, 3.05) is 65.9 Å². The molecular formula is C47H82N4O15. The topological polar surface area (TPSA) is 240 Å². The summed E-state index contributed by atoms with van der Waals surface area (Å²) >= 11 is 0. The van der Waals surface area contributed by atoms with Crippen LogP contribution in [0.5, 0.6) is 0 Å². The van der Waals surface area contributed by atoms with Crippen molar-refractivity contribution in [3.63, 3.8) is 0 Å². The average molecular weight is 943 g/mol. The van der Waals surface area contributed by atoms with E-state index in [1.54, 1.807) is 20.8 Å². The number of hydrogen-bond donors (Lipinski definition) is 3. The Morgan fingerprint density at radius 3 is 1.44 bits per heavy atom. The second-order valence-electron chi connectivity index (χ2n) is 18.3. The van der Waals surface area contributed by atoms with E-state index in [0.29, 0.717) is 17.9 Å². The highest BCUT2D eigenvalue weighted by atomic mass is 16.7. The number of carbonyl (C=O) groups is 8. The number of ether oxygens (including phenoxy) is 6. The van der Waals surface area contributed by atoms with Crippen LogP contribution in [0.3, 0.4) is 0 Å². The van der Waals surface area contributed by atoms with Gasteiger partial charge >= 0.3 is 17.9 Å². The van der Waals surface area contributed by atoms with E-state index in [0.717, 1.165) is 44.9 Å². The highest BCUT2D eigenvalue weighted by molar-refractivity contribution is 6.01. The van der Waals surface area contributed by atoms with E-state index in [-0.39, 0.29) is 109 Å². The summed E-state index contributed by atoms with van der Waals surface area (Å²) in [6.07, 6.45) is 16.5. The van der Waals surface area contributed by atoms with Crippen molar-refractivity contribution in [3.05, 3.63) is 0 Å². The molecule has 3 N–H and O–H groups in total. The highest BCUT2D eigenvalue weighted by Gasteiger charge is 2.33. The number of esters is 2. The van der Waals surface area contributed by atoms with Crippen LogP contribution in [0.4, 0.5) is 0 Å². The van der Waals surface area contributed by atoms with E-state index in [9.17, 15) is 38.4 Å². The number of amides is 5. The molecule has 0 radical (unpaired) electrons. The van der Waals surface area contributed by atoms with Crippen molar-refractivity contribution < 1.29 is 71.6 Å². The number of carbonyl (C=O) groups excluding carboxylic acids is 8. The first-order valence-electron chi connectivity index (χ1n) is 24.0. The fraction of sp³-hybridized carbons (Fsp3) is 0.830. The Kier molecular flexibility index (Phi) is 32.6. The summed E-state index contributed by atoms with van der Waals surface area (Å²) in [5, 5.41) is 8.58. The zero-order valence-electron chi connectivity index (χ0n) is 40.9. The van der Waals surface area contributed by atoms with Crippen LogP contribution in [-0.4, -0.2) is 136 Å². The number of nitrogens with one attached hydrogen (secondary N) is 3. The molecule has 66 heavy (non-hydrogen) atoms. The van der Waals surface area contributed by atoms with Gasteiger partial charge in [-0.25, -0.2) is 9.59 Å². The average Bonchev–Trinajstić information content (AvgIpc) is 3.54. The van der Waals surface area contributed by atoms with Gasteiger partial charge in [0.1, 0.15) is 30.5 Å². The smallest absolute Gasteiger partial charge is 0.358 e. The second kappa shape index (κ2) is 35.9. The fourth-order valence-electron chi connectivity index (χ4n) is 6.44. The maximum absolute atomic E-state index is 12.9. The highest BCUT2D eigenvalue weighted by Crippen LogP contribution is 2.16. The Labute approximate surface area is 392 Å². The van der Waals surface area contributed by atoms with Crippen molar-refractivity contribution in [2.24, 2.45) is 0 Å². The molecule has 0 aliphatic carbocycles. The lowest BCUT2D eigenvalue weighted by molar-refractivity contribution is -0.200. The first-order valence-corrected chi connectivity index (χ1v) is 24.0. The van der Waals surface area contributed by atoms with Crippen LogP contribution < -0.4 is 16.0 Å². The molecular weight excluding hydrogens is 861 g/mol. The summed E-state index contributed by atoms with van der Waals surface area (Å²) in [6.45, 7) is 11.6. The van der Waals surface area contributed by atoms with Gasteiger partial charge in [-0.1, -0.05) is 77.0 Å². The first-order chi connectivity index (χ1) is 31.4. The van der Waals surface area contributed by atoms with Crippen LogP contribution in [-0.2, 0) is 71.6 Å². The lowest BCUT2D eigenvalue weighted by Crippen LogP contribution is -2.44. The SMILES string of the molecule is CC(C)(C)OC(=O)CCCCCCCCCCCCCCCCC(=O)N[C@@H](CCC(=O)NCCOCCOCC(=O)NCCOCCOCC(=O)ON1C(=O)CCC1=O)C(=O)OC(C)(C)C. The Morgan fingerprint density at radius 1 is 0.500 bits per heavy atom. The van der Waals surface area contributed by atoms with Gasteiger partial charge in [0.2, 0.25) is 17.7 Å². The third-order valence-corrected chi connectivity index (χ3v) is 9.67. The summed E-state index contributed by atoms with van der Waals surface area (Å²) in [6, 6.07) is -0.945. The van der Waals surface area contributed by atoms with Gasteiger partial charge in [-0.2, -0.15) is 0 Å². The molecule has 1 fully saturated rings. The van der Waals surface area contributed by atoms with Crippen molar-refractivity contribution in [2.45, 2.75) is 187 Å². The van der Waals surface area contributed by atoms with Gasteiger partial charge in [-0.15, -0.1) is 5.06 Å². The van der Waals surface area contributed by atoms with Gasteiger partial charge in [-0.3, -0.25) is 28.8 Å². The van der Waals surface area contributed by atoms with Crippen LogP contribution in [0, 0.1) is 0 Å². The number of hydroxylamine groups is 2. The molecule has 0 saturated carbocycles. The zero-order valence-corrected chi connectivity index (χ0v) is 40.9. The van der Waals surface area contributed by atoms with Gasteiger partial charge < -0.3 is 49.2 Å². The number of imide groups is 1. The lowest BCUT2D eigenvalue weighted by Gasteiger charge is -2.24. The van der Waals surface area contributed by atoms with Crippen LogP contribution in [0.15, 0.2) is 0 Å². The maximum Gasteiger partial charge on any atom is 0.358 e. The molecule has 0 unspecified atom stereocenters. The molecule has 1 aliphatic heterocycles. The van der Waals surface area contributed by atoms with Gasteiger partial charge in [-0.05, 0) is 60.8 Å². The summed E-state index contributed by atoms with van der Waals surface area (Å²) in [7, 11) is 0. The van der Waals surface area contributed by atoms with E-state index < -0.39 is 47.6 Å². The predicted octanol–water partition coefficient (Wildman–Crippen LogP) is 5.08. The monoisotopic (exact) mass is 943 g/mol. The minimum absolute atomic E-state index is 0.00210. The fourth-order valence-corrected chi connectivity index (χ4v) is 6.44. The Hall–Kier alpha value is -4.20. The van der Waals surface area contributed by atoms with Crippen molar-refractivity contribution in [1.82, 2.24) is 21.0 Å². The molecule has 0 aromatic carbocycles. The van der Waals surface area contributed by atoms with E-state index in [1.165, 1.54) is 44.9 Å². The molecule has 5 amide bonds. The molecule has 1 heterocycles. The normalized spacial score (nSPS) is 13.3. The molecule has 1 aliphatic rings. The standard InChI is InChI=1S/C47H82N4O15/c1-46(2,3)64-43(57)22-20-18-16-14-12-10-8-7-9-11-13-15-17-19-21-39(53)50-37(45(59)65-47(4,5)6)23-24-38(52)48-27-29-60-31-33-62-35-40(54)49-28-30-61-32-34-63-36-44(58)66-51-41(55)25-26-42(51)56/h37H,7-36H2,1-6H3,(H,48,52)(H,49,54)(H,50,53)/t37-/m0/s1. The Balaban J connectivity index is 2.06. The largest absolute Gasteiger partial charge is 0.460 e. The van der Waals surface area contributed by atoms with Crippen molar-refractivity contribution in [3.8, 4) is 0 Å². The van der Waals surface area contributed by atoms with E-state index >= 15 is 0 Å². The molecule has 380 valence electrons. The van der Waals surface area contributed by atoms with Crippen LogP contribution >= 0.6 is 0 Å². The first kappa shape index (κ1) is 59.8. The van der Waals surface area contributed by atoms with Crippen LogP contribution in [0.2, 0.25) is 0 Å². The lowest BCUT2D eigenvalue weighted by atomic mass is 10.0. The third-order valence-electron chi connectivity index (χ3n) is 9.67. The van der Waals surface area contributed by atoms with E-state index in [2.05, 4.69) is 20.8 Å². The second-order valence-corrected chi connectivity index (χ2v) is 18.3. The predicted molar refractivity (Wildman–Crippen MR) is 243 cm³/mol. The zero-order chi connectivity index (χ0) is 49.1. The molecule has 0 spiro atoms. The molecule has 19 nitrogen and oxygen atoms in total. The summed E-state index contributed by atoms with van der Waals surface area (Å²) < 4.78 is 32.0. The van der Waals surface area contributed by atoms with E-state index in [4.69, 9.17) is 28.4 Å². The summed E-state index contributed by atoms with van der Waals surface area (Å²) in [5.41, 5.74) is -1.16. The molecule has 1 saturated heterocycles. The number of nitrogens with zero attached hydrogens (tertiary/aromatic N) is 1. The van der Waals surface area contributed by atoms with Crippen LogP contribution in [0.1, 0.15) is 170 Å². The summed E-state index contributed by atoms with van der Waals surface area (Å²) in [4.78, 5) is 101. The van der Waals surface area contributed by atoms with Gasteiger partial charge in [0, 0.05) is 45.2 Å². The van der Waals surface area contributed by atoms with Gasteiger partial charge in [0.25, 0.3) is 11.8 Å². The molecule has 0 bridgehead atoms.